The highest BCUT2D eigenvalue weighted by Gasteiger charge is 2.53. The van der Waals surface area contributed by atoms with Crippen molar-refractivity contribution in [3.63, 3.8) is 0 Å². The molecule has 0 aromatic heterocycles. The van der Waals surface area contributed by atoms with Gasteiger partial charge in [-0.05, 0) is 97.2 Å². The Balaban J connectivity index is 1.88. The Bertz CT molecular complexity index is 664. The third-order valence-corrected chi connectivity index (χ3v) is 10.9. The summed E-state index contributed by atoms with van der Waals surface area (Å²) in [5.74, 6) is 8.61. The molecule has 3 aliphatic carbocycles. The van der Waals surface area contributed by atoms with Crippen LogP contribution in [0.4, 0.5) is 0 Å². The Morgan fingerprint density at radius 3 is 2.18 bits per heavy atom. The van der Waals surface area contributed by atoms with E-state index < -0.39 is 0 Å². The molecule has 0 radical (unpaired) electrons. The van der Waals surface area contributed by atoms with Crippen molar-refractivity contribution in [3.05, 3.63) is 24.3 Å². The smallest absolute Gasteiger partial charge is 0.0114 e. The lowest BCUT2D eigenvalue weighted by Gasteiger charge is -2.49. The molecule has 9 unspecified atom stereocenters. The molecule has 3 fully saturated rings. The van der Waals surface area contributed by atoms with E-state index in [1.165, 1.54) is 68.9 Å². The lowest BCUT2D eigenvalue weighted by atomic mass is 9.56. The quantitative estimate of drug-likeness (QED) is 0.304. The number of rotatable bonds is 9. The van der Waals surface area contributed by atoms with Crippen molar-refractivity contribution in [2.75, 3.05) is 0 Å². The second-order valence-corrected chi connectivity index (χ2v) is 14.0. The summed E-state index contributed by atoms with van der Waals surface area (Å²) in [6.45, 7) is 29.0. The van der Waals surface area contributed by atoms with E-state index in [4.69, 9.17) is 0 Å². The summed E-state index contributed by atoms with van der Waals surface area (Å²) in [4.78, 5) is 0. The van der Waals surface area contributed by atoms with E-state index in [0.717, 1.165) is 59.7 Å². The monoisotopic (exact) mass is 454 g/mol. The Labute approximate surface area is 208 Å². The molecule has 0 aromatic rings. The van der Waals surface area contributed by atoms with E-state index in [9.17, 15) is 0 Å². The minimum atomic E-state index is 0.392. The normalized spacial score (nSPS) is 40.9. The highest BCUT2D eigenvalue weighted by Crippen LogP contribution is 2.61. The lowest BCUT2D eigenvalue weighted by Crippen LogP contribution is -2.42. The fourth-order valence-corrected chi connectivity index (χ4v) is 10.2. The number of hydrogen-bond acceptors (Lipinski definition) is 0. The van der Waals surface area contributed by atoms with Gasteiger partial charge in [-0.2, -0.15) is 0 Å². The van der Waals surface area contributed by atoms with Crippen LogP contribution in [0.15, 0.2) is 24.3 Å². The molecule has 0 aromatic carbocycles. The maximum Gasteiger partial charge on any atom is -0.0114 e. The van der Waals surface area contributed by atoms with Gasteiger partial charge in [0.05, 0.1) is 0 Å². The van der Waals surface area contributed by atoms with E-state index in [1.54, 1.807) is 0 Å². The molecule has 0 nitrogen and oxygen atoms in total. The van der Waals surface area contributed by atoms with Gasteiger partial charge in [-0.1, -0.05) is 111 Å². The molecule has 0 aliphatic heterocycles. The molecule has 3 saturated carbocycles. The molecule has 0 spiro atoms. The Hall–Kier alpha value is -0.520. The van der Waals surface area contributed by atoms with Gasteiger partial charge in [0.15, 0.2) is 0 Å². The standard InChI is InChI=1S/C33H58/c1-11-28-29(27-14-12-13-15-27)17-16-23(6)31(28)25(8)30-20-33(10,19-22(4)5)32(26(30)9)24(7)18-21(2)3/h22-23,25-32H,2,7,11-20H2,1,3-6,8-10H3. The fourth-order valence-electron chi connectivity index (χ4n) is 10.2. The van der Waals surface area contributed by atoms with Crippen LogP contribution in [0.3, 0.4) is 0 Å². The summed E-state index contributed by atoms with van der Waals surface area (Å²) in [5, 5.41) is 0. The Morgan fingerprint density at radius 2 is 1.64 bits per heavy atom. The summed E-state index contributed by atoms with van der Waals surface area (Å²) in [5.41, 5.74) is 3.14. The second-order valence-electron chi connectivity index (χ2n) is 14.0. The molecule has 0 heterocycles. The molecule has 9 atom stereocenters. The molecule has 0 N–H and O–H groups in total. The van der Waals surface area contributed by atoms with Crippen molar-refractivity contribution in [2.45, 2.75) is 120 Å². The van der Waals surface area contributed by atoms with E-state index in [0.29, 0.717) is 11.3 Å². The molecule has 3 aliphatic rings. The SMILES string of the molecule is C=C(C)CC(=C)C1C(C)C(C(C)C2C(C)CCC(C3CCCC3)C2CC)CC1(C)CC(C)C. The average molecular weight is 455 g/mol. The highest BCUT2D eigenvalue weighted by molar-refractivity contribution is 5.19. The van der Waals surface area contributed by atoms with Gasteiger partial charge in [0.1, 0.15) is 0 Å². The average Bonchev–Trinajstić information content (AvgIpc) is 3.32. The molecular weight excluding hydrogens is 396 g/mol. The molecule has 0 heteroatoms. The predicted molar refractivity (Wildman–Crippen MR) is 147 cm³/mol. The molecule has 33 heavy (non-hydrogen) atoms. The van der Waals surface area contributed by atoms with E-state index in [-0.39, 0.29) is 0 Å². The first-order valence-electron chi connectivity index (χ1n) is 14.8. The van der Waals surface area contributed by atoms with Gasteiger partial charge in [0.2, 0.25) is 0 Å². The summed E-state index contributed by atoms with van der Waals surface area (Å²) < 4.78 is 0. The van der Waals surface area contributed by atoms with Crippen molar-refractivity contribution >= 4 is 0 Å². The maximum atomic E-state index is 4.69. The number of allylic oxidation sites excluding steroid dienone is 2. The van der Waals surface area contributed by atoms with Crippen molar-refractivity contribution in [1.82, 2.24) is 0 Å². The van der Waals surface area contributed by atoms with Crippen LogP contribution in [0.25, 0.3) is 0 Å². The van der Waals surface area contributed by atoms with Gasteiger partial charge >= 0.3 is 0 Å². The second kappa shape index (κ2) is 11.0. The zero-order chi connectivity index (χ0) is 24.5. The topological polar surface area (TPSA) is 0 Å². The third kappa shape index (κ3) is 5.67. The Morgan fingerprint density at radius 1 is 1.00 bits per heavy atom. The lowest BCUT2D eigenvalue weighted by molar-refractivity contribution is 0.000467. The van der Waals surface area contributed by atoms with Crippen LogP contribution in [-0.4, -0.2) is 0 Å². The first-order valence-corrected chi connectivity index (χ1v) is 14.8. The minimum absolute atomic E-state index is 0.392. The fraction of sp³-hybridized carbons (Fsp3) is 0.879. The summed E-state index contributed by atoms with van der Waals surface area (Å²) in [7, 11) is 0. The van der Waals surface area contributed by atoms with Crippen molar-refractivity contribution in [1.29, 1.82) is 0 Å². The van der Waals surface area contributed by atoms with Crippen LogP contribution in [0.2, 0.25) is 0 Å². The molecule has 0 amide bonds. The van der Waals surface area contributed by atoms with Crippen LogP contribution in [-0.2, 0) is 0 Å². The zero-order valence-corrected chi connectivity index (χ0v) is 23.8. The van der Waals surface area contributed by atoms with Crippen LogP contribution in [0.5, 0.6) is 0 Å². The van der Waals surface area contributed by atoms with Gasteiger partial charge in [-0.25, -0.2) is 0 Å². The summed E-state index contributed by atoms with van der Waals surface area (Å²) in [6.07, 6.45) is 14.2. The maximum absolute atomic E-state index is 4.69. The molecule has 0 saturated heterocycles. The van der Waals surface area contributed by atoms with Crippen LogP contribution in [0.1, 0.15) is 120 Å². The minimum Gasteiger partial charge on any atom is -0.0998 e. The van der Waals surface area contributed by atoms with E-state index >= 15 is 0 Å². The van der Waals surface area contributed by atoms with Crippen molar-refractivity contribution < 1.29 is 0 Å². The van der Waals surface area contributed by atoms with Gasteiger partial charge < -0.3 is 0 Å². The van der Waals surface area contributed by atoms with Crippen LogP contribution >= 0.6 is 0 Å². The summed E-state index contributed by atoms with van der Waals surface area (Å²) >= 11 is 0. The highest BCUT2D eigenvalue weighted by atomic mass is 14.6. The molecule has 3 rings (SSSR count). The first-order chi connectivity index (χ1) is 15.5. The third-order valence-electron chi connectivity index (χ3n) is 10.9. The number of hydrogen-bond donors (Lipinski definition) is 0. The Kier molecular flexibility index (Phi) is 9.05. The predicted octanol–water partition coefficient (Wildman–Crippen LogP) is 10.3. The largest absolute Gasteiger partial charge is 0.0998 e. The van der Waals surface area contributed by atoms with Crippen molar-refractivity contribution in [3.8, 4) is 0 Å². The van der Waals surface area contributed by atoms with Gasteiger partial charge in [-0.15, -0.1) is 0 Å². The van der Waals surface area contributed by atoms with Crippen molar-refractivity contribution in [2.24, 2.45) is 64.6 Å². The van der Waals surface area contributed by atoms with E-state index in [1.807, 2.05) is 0 Å². The zero-order valence-electron chi connectivity index (χ0n) is 23.8. The first kappa shape index (κ1) is 27.1. The molecule has 0 bridgehead atoms. The van der Waals surface area contributed by atoms with Gasteiger partial charge in [-0.3, -0.25) is 0 Å². The molecular formula is C33H58. The van der Waals surface area contributed by atoms with Crippen LogP contribution in [0, 0.1) is 64.6 Å². The molecule has 190 valence electrons. The van der Waals surface area contributed by atoms with Gasteiger partial charge in [0, 0.05) is 0 Å². The summed E-state index contributed by atoms with van der Waals surface area (Å²) in [6, 6.07) is 0. The van der Waals surface area contributed by atoms with E-state index in [2.05, 4.69) is 68.5 Å². The van der Waals surface area contributed by atoms with Gasteiger partial charge in [0.25, 0.3) is 0 Å². The van der Waals surface area contributed by atoms with Crippen LogP contribution < -0.4 is 0 Å².